The molecule has 21 heavy (non-hydrogen) atoms. The molecule has 3 rings (SSSR count). The Hall–Kier alpha value is -2.85. The topological polar surface area (TPSA) is 98.2 Å². The van der Waals surface area contributed by atoms with E-state index in [-0.39, 0.29) is 17.4 Å². The number of hydrazine groups is 1. The van der Waals surface area contributed by atoms with Crippen LogP contribution in [0.1, 0.15) is 23.2 Å². The minimum Gasteiger partial charge on any atom is -0.493 e. The van der Waals surface area contributed by atoms with Crippen LogP contribution in [0.4, 0.5) is 5.95 Å². The molecule has 1 aliphatic heterocycles. The first-order valence-electron chi connectivity index (χ1n) is 6.35. The number of hydrogen-bond acceptors (Lipinski definition) is 7. The van der Waals surface area contributed by atoms with Gasteiger partial charge in [-0.15, -0.1) is 0 Å². The van der Waals surface area contributed by atoms with Crippen LogP contribution < -0.4 is 10.4 Å². The first-order valence-corrected chi connectivity index (χ1v) is 6.35. The average molecular weight is 283 g/mol. The summed E-state index contributed by atoms with van der Waals surface area (Å²) in [6.45, 7) is 3.68. The summed E-state index contributed by atoms with van der Waals surface area (Å²) in [5.41, 5.74) is 4.68. The molecule has 0 radical (unpaired) electrons. The van der Waals surface area contributed by atoms with Crippen LogP contribution in [0.2, 0.25) is 0 Å². The highest BCUT2D eigenvalue weighted by Gasteiger charge is 2.36. The largest absolute Gasteiger partial charge is 0.493 e. The zero-order valence-electron chi connectivity index (χ0n) is 11.5. The number of nitriles is 1. The number of aliphatic hydroxyl groups excluding tert-OH is 1. The smallest absolute Gasteiger partial charge is 0.247 e. The zero-order chi connectivity index (χ0) is 15.0. The number of furan rings is 1. The van der Waals surface area contributed by atoms with E-state index >= 15 is 0 Å². The van der Waals surface area contributed by atoms with Gasteiger partial charge in [0.1, 0.15) is 23.4 Å². The van der Waals surface area contributed by atoms with Crippen molar-refractivity contribution in [1.29, 1.82) is 5.26 Å². The lowest BCUT2D eigenvalue weighted by molar-refractivity contribution is 0.383. The van der Waals surface area contributed by atoms with E-state index in [0.717, 1.165) is 11.4 Å². The van der Waals surface area contributed by atoms with Crippen LogP contribution in [-0.4, -0.2) is 15.1 Å². The van der Waals surface area contributed by atoms with E-state index < -0.39 is 6.04 Å². The summed E-state index contributed by atoms with van der Waals surface area (Å²) >= 11 is 0. The molecule has 0 aliphatic carbocycles. The normalized spacial score (nSPS) is 18.1. The maximum Gasteiger partial charge on any atom is 0.247 e. The first kappa shape index (κ1) is 13.1. The summed E-state index contributed by atoms with van der Waals surface area (Å²) in [6.07, 6.45) is 1.51. The van der Waals surface area contributed by atoms with Crippen molar-refractivity contribution >= 4 is 5.95 Å². The second kappa shape index (κ2) is 4.92. The van der Waals surface area contributed by atoms with Gasteiger partial charge in [-0.25, -0.2) is 20.4 Å². The van der Waals surface area contributed by atoms with E-state index in [0.29, 0.717) is 5.76 Å². The summed E-state index contributed by atoms with van der Waals surface area (Å²) in [5.74, 6) is 0.598. The Morgan fingerprint density at radius 2 is 2.10 bits per heavy atom. The molecule has 1 atom stereocenters. The number of hydrogen-bond donors (Lipinski definition) is 2. The number of aryl methyl sites for hydroxylation is 2. The number of anilines is 1. The summed E-state index contributed by atoms with van der Waals surface area (Å²) in [5, 5.41) is 20.8. The Kier molecular flexibility index (Phi) is 3.08. The number of nitrogens with zero attached hydrogens (tertiary/aromatic N) is 4. The predicted molar refractivity (Wildman–Crippen MR) is 73.8 cm³/mol. The second-order valence-corrected chi connectivity index (χ2v) is 4.71. The lowest BCUT2D eigenvalue weighted by Crippen LogP contribution is -2.35. The summed E-state index contributed by atoms with van der Waals surface area (Å²) in [4.78, 5) is 8.54. The molecule has 0 saturated heterocycles. The first-order chi connectivity index (χ1) is 10.1. The molecule has 7 heteroatoms. The number of aliphatic hydroxyl groups is 1. The summed E-state index contributed by atoms with van der Waals surface area (Å²) < 4.78 is 5.30. The van der Waals surface area contributed by atoms with Gasteiger partial charge in [0.25, 0.3) is 0 Å². The summed E-state index contributed by atoms with van der Waals surface area (Å²) in [7, 11) is 0. The van der Waals surface area contributed by atoms with Gasteiger partial charge in [-0.1, -0.05) is 0 Å². The molecule has 106 valence electrons. The fourth-order valence-corrected chi connectivity index (χ4v) is 2.24. The van der Waals surface area contributed by atoms with Crippen molar-refractivity contribution in [3.63, 3.8) is 0 Å². The molecule has 0 amide bonds. The number of aromatic nitrogens is 2. The lowest BCUT2D eigenvalue weighted by atomic mass is 10.1. The van der Waals surface area contributed by atoms with Gasteiger partial charge < -0.3 is 9.52 Å². The fourth-order valence-electron chi connectivity index (χ4n) is 2.24. The van der Waals surface area contributed by atoms with Gasteiger partial charge in [0, 0.05) is 11.4 Å². The fraction of sp³-hybridized carbons (Fsp3) is 0.214. The Labute approximate surface area is 121 Å². The van der Waals surface area contributed by atoms with Crippen molar-refractivity contribution in [3.05, 3.63) is 53.1 Å². The molecule has 0 aromatic carbocycles. The molecular weight excluding hydrogens is 270 g/mol. The molecule has 2 aromatic rings. The van der Waals surface area contributed by atoms with Crippen LogP contribution in [-0.2, 0) is 0 Å². The molecule has 2 N–H and O–H groups in total. The van der Waals surface area contributed by atoms with Crippen molar-refractivity contribution in [2.75, 3.05) is 5.01 Å². The number of rotatable bonds is 2. The van der Waals surface area contributed by atoms with Crippen molar-refractivity contribution < 1.29 is 9.52 Å². The van der Waals surface area contributed by atoms with Gasteiger partial charge >= 0.3 is 0 Å². The second-order valence-electron chi connectivity index (χ2n) is 4.71. The van der Waals surface area contributed by atoms with Crippen LogP contribution in [0.3, 0.4) is 0 Å². The molecule has 0 unspecified atom stereocenters. The Morgan fingerprint density at radius 1 is 1.38 bits per heavy atom. The molecular formula is C14H13N5O2. The van der Waals surface area contributed by atoms with Crippen LogP contribution in [0.15, 0.2) is 40.3 Å². The van der Waals surface area contributed by atoms with Gasteiger partial charge in [-0.05, 0) is 32.0 Å². The van der Waals surface area contributed by atoms with Crippen molar-refractivity contribution in [3.8, 4) is 6.07 Å². The van der Waals surface area contributed by atoms with Crippen molar-refractivity contribution in [1.82, 2.24) is 15.4 Å². The van der Waals surface area contributed by atoms with E-state index in [2.05, 4.69) is 15.4 Å². The highest BCUT2D eigenvalue weighted by atomic mass is 16.3. The molecule has 0 saturated carbocycles. The minimum atomic E-state index is -0.561. The highest BCUT2D eigenvalue weighted by Crippen LogP contribution is 2.32. The predicted octanol–water partition coefficient (Wildman–Crippen LogP) is 2.05. The summed E-state index contributed by atoms with van der Waals surface area (Å²) in [6, 6.07) is 6.71. The van der Waals surface area contributed by atoms with Gasteiger partial charge in [0.2, 0.25) is 11.8 Å². The van der Waals surface area contributed by atoms with E-state index in [1.54, 1.807) is 12.1 Å². The molecule has 3 heterocycles. The maximum absolute atomic E-state index is 10.3. The molecule has 1 aliphatic rings. The maximum atomic E-state index is 10.3. The van der Waals surface area contributed by atoms with Crippen LogP contribution in [0.25, 0.3) is 0 Å². The van der Waals surface area contributed by atoms with Crippen LogP contribution >= 0.6 is 0 Å². The molecule has 0 spiro atoms. The van der Waals surface area contributed by atoms with Crippen molar-refractivity contribution in [2.24, 2.45) is 0 Å². The average Bonchev–Trinajstić information content (AvgIpc) is 3.04. The third-order valence-electron chi connectivity index (χ3n) is 3.12. The van der Waals surface area contributed by atoms with E-state index in [4.69, 9.17) is 4.42 Å². The van der Waals surface area contributed by atoms with E-state index in [1.807, 2.05) is 26.0 Å². The molecule has 2 aromatic heterocycles. The molecule has 7 nitrogen and oxygen atoms in total. The van der Waals surface area contributed by atoms with Crippen LogP contribution in [0.5, 0.6) is 0 Å². The van der Waals surface area contributed by atoms with Gasteiger partial charge in [-0.3, -0.25) is 0 Å². The van der Waals surface area contributed by atoms with E-state index in [1.165, 1.54) is 11.3 Å². The molecule has 0 fully saturated rings. The van der Waals surface area contributed by atoms with Gasteiger partial charge in [0.05, 0.1) is 6.26 Å². The third-order valence-corrected chi connectivity index (χ3v) is 3.12. The zero-order valence-corrected chi connectivity index (χ0v) is 11.5. The van der Waals surface area contributed by atoms with Crippen molar-refractivity contribution in [2.45, 2.75) is 19.9 Å². The van der Waals surface area contributed by atoms with Gasteiger partial charge in [0.15, 0.2) is 0 Å². The van der Waals surface area contributed by atoms with Crippen LogP contribution in [0, 0.1) is 25.2 Å². The Balaban J connectivity index is 2.02. The highest BCUT2D eigenvalue weighted by molar-refractivity contribution is 5.49. The lowest BCUT2D eigenvalue weighted by Gasteiger charge is -2.18. The SMILES string of the molecule is Cc1cc(C)nc(N2N[C@@H](c3ccco3)C(C#N)=C2O)n1. The number of nitrogens with one attached hydrogen (secondary N) is 1. The monoisotopic (exact) mass is 283 g/mol. The Bertz CT molecular complexity index is 725. The third kappa shape index (κ3) is 2.22. The standard InChI is InChI=1S/C14H13N5O2/c1-8-6-9(2)17-14(16-8)19-13(20)10(7-15)12(18-19)11-4-3-5-21-11/h3-6,12,18,20H,1-2H3/t12-/m1/s1. The minimum absolute atomic E-state index is 0.160. The Morgan fingerprint density at radius 3 is 2.67 bits per heavy atom. The molecule has 0 bridgehead atoms. The quantitative estimate of drug-likeness (QED) is 0.870. The van der Waals surface area contributed by atoms with Gasteiger partial charge in [-0.2, -0.15) is 5.26 Å². The van der Waals surface area contributed by atoms with E-state index in [9.17, 15) is 10.4 Å².